The van der Waals surface area contributed by atoms with Gasteiger partial charge in [0.2, 0.25) is 0 Å². The number of hydrogen-bond donors (Lipinski definition) is 2. The van der Waals surface area contributed by atoms with Crippen LogP contribution in [0.25, 0.3) is 0 Å². The Hall–Kier alpha value is -0.770. The number of halogens is 1. The molecule has 0 amide bonds. The summed E-state index contributed by atoms with van der Waals surface area (Å²) >= 11 is 6.26. The van der Waals surface area contributed by atoms with Gasteiger partial charge in [0, 0.05) is 20.1 Å². The molecule has 1 aliphatic rings. The van der Waals surface area contributed by atoms with Crippen LogP contribution in [0, 0.1) is 0 Å². The molecule has 0 radical (unpaired) electrons. The van der Waals surface area contributed by atoms with Gasteiger partial charge in [0.05, 0.1) is 16.3 Å². The Morgan fingerprint density at radius 1 is 1.39 bits per heavy atom. The lowest BCUT2D eigenvalue weighted by atomic mass is 10.0. The predicted octanol–water partition coefficient (Wildman–Crippen LogP) is 2.54. The van der Waals surface area contributed by atoms with Crippen LogP contribution in [-0.2, 0) is 6.54 Å². The van der Waals surface area contributed by atoms with Crippen molar-refractivity contribution in [2.24, 2.45) is 5.73 Å². The molecule has 0 spiro atoms. The molecule has 3 nitrogen and oxygen atoms in total. The van der Waals surface area contributed by atoms with Crippen LogP contribution >= 0.6 is 11.6 Å². The number of hydrogen-bond acceptors (Lipinski definition) is 3. The summed E-state index contributed by atoms with van der Waals surface area (Å²) in [6.07, 6.45) is 3.96. The third-order valence-corrected chi connectivity index (χ3v) is 4.04. The highest BCUT2D eigenvalue weighted by molar-refractivity contribution is 6.33. The van der Waals surface area contributed by atoms with Crippen molar-refractivity contribution < 1.29 is 5.11 Å². The average Bonchev–Trinajstić information content (AvgIpc) is 2.75. The molecule has 18 heavy (non-hydrogen) atoms. The normalized spacial score (nSPS) is 18.0. The molecule has 1 fully saturated rings. The topological polar surface area (TPSA) is 49.5 Å². The van der Waals surface area contributed by atoms with Crippen LogP contribution in [0.15, 0.2) is 18.2 Å². The van der Waals surface area contributed by atoms with Gasteiger partial charge in [0.15, 0.2) is 0 Å². The molecule has 1 aliphatic carbocycles. The second-order valence-electron chi connectivity index (χ2n) is 5.24. The molecule has 0 aromatic heterocycles. The maximum absolute atomic E-state index is 10.5. The molecule has 0 unspecified atom stereocenters. The summed E-state index contributed by atoms with van der Waals surface area (Å²) < 4.78 is 0. The van der Waals surface area contributed by atoms with Gasteiger partial charge in [-0.05, 0) is 24.5 Å². The third-order valence-electron chi connectivity index (χ3n) is 3.74. The molecule has 1 saturated carbocycles. The maximum Gasteiger partial charge on any atom is 0.0821 e. The fourth-order valence-electron chi connectivity index (χ4n) is 2.86. The van der Waals surface area contributed by atoms with Gasteiger partial charge in [-0.25, -0.2) is 0 Å². The van der Waals surface area contributed by atoms with E-state index in [1.165, 1.54) is 0 Å². The Kier molecular flexibility index (Phi) is 4.15. The molecule has 1 aromatic rings. The van der Waals surface area contributed by atoms with E-state index in [0.717, 1.165) is 36.9 Å². The van der Waals surface area contributed by atoms with Gasteiger partial charge in [-0.15, -0.1) is 0 Å². The number of benzene rings is 1. The summed E-state index contributed by atoms with van der Waals surface area (Å²) in [6, 6.07) is 5.76. The molecule has 2 rings (SSSR count). The van der Waals surface area contributed by atoms with E-state index in [4.69, 9.17) is 17.3 Å². The fraction of sp³-hybridized carbons (Fsp3) is 0.571. The SMILES string of the molecule is CN(CC1(O)CCCC1)c1c(Cl)cccc1CN. The summed E-state index contributed by atoms with van der Waals surface area (Å²) in [5.74, 6) is 0. The number of anilines is 1. The molecule has 3 N–H and O–H groups in total. The lowest BCUT2D eigenvalue weighted by Crippen LogP contribution is -2.39. The van der Waals surface area contributed by atoms with Crippen LogP contribution < -0.4 is 10.6 Å². The molecule has 1 aromatic carbocycles. The Labute approximate surface area is 114 Å². The van der Waals surface area contributed by atoms with Crippen LogP contribution in [0.4, 0.5) is 5.69 Å². The van der Waals surface area contributed by atoms with Crippen molar-refractivity contribution in [1.82, 2.24) is 0 Å². The molecule has 0 heterocycles. The van der Waals surface area contributed by atoms with Gasteiger partial charge < -0.3 is 15.7 Å². The van der Waals surface area contributed by atoms with Gasteiger partial charge in [-0.1, -0.05) is 36.6 Å². The Morgan fingerprint density at radius 2 is 2.06 bits per heavy atom. The second-order valence-corrected chi connectivity index (χ2v) is 5.65. The zero-order chi connectivity index (χ0) is 13.2. The zero-order valence-electron chi connectivity index (χ0n) is 10.8. The molecule has 0 saturated heterocycles. The van der Waals surface area contributed by atoms with Crippen LogP contribution in [0.5, 0.6) is 0 Å². The van der Waals surface area contributed by atoms with E-state index in [2.05, 4.69) is 0 Å². The second kappa shape index (κ2) is 5.47. The Bertz CT molecular complexity index is 416. The van der Waals surface area contributed by atoms with Crippen molar-refractivity contribution >= 4 is 17.3 Å². The highest BCUT2D eigenvalue weighted by atomic mass is 35.5. The first kappa shape index (κ1) is 13.7. The van der Waals surface area contributed by atoms with Crippen LogP contribution in [0.2, 0.25) is 5.02 Å². The quantitative estimate of drug-likeness (QED) is 0.882. The number of nitrogens with zero attached hydrogens (tertiary/aromatic N) is 1. The summed E-state index contributed by atoms with van der Waals surface area (Å²) in [5.41, 5.74) is 7.15. The molecular formula is C14H21ClN2O. The van der Waals surface area contributed by atoms with Crippen molar-refractivity contribution in [2.75, 3.05) is 18.5 Å². The van der Waals surface area contributed by atoms with Crippen LogP contribution in [0.3, 0.4) is 0 Å². The first-order chi connectivity index (χ1) is 8.56. The first-order valence-corrected chi connectivity index (χ1v) is 6.84. The monoisotopic (exact) mass is 268 g/mol. The Morgan fingerprint density at radius 3 is 2.67 bits per heavy atom. The van der Waals surface area contributed by atoms with Crippen LogP contribution in [-0.4, -0.2) is 24.3 Å². The van der Waals surface area contributed by atoms with E-state index >= 15 is 0 Å². The van der Waals surface area contributed by atoms with E-state index in [1.54, 1.807) is 0 Å². The molecule has 0 aliphatic heterocycles. The summed E-state index contributed by atoms with van der Waals surface area (Å²) in [4.78, 5) is 2.04. The van der Waals surface area contributed by atoms with Gasteiger partial charge in [0.1, 0.15) is 0 Å². The van der Waals surface area contributed by atoms with Gasteiger partial charge >= 0.3 is 0 Å². The van der Waals surface area contributed by atoms with E-state index in [-0.39, 0.29) is 0 Å². The molecule has 0 atom stereocenters. The standard InChI is InChI=1S/C14H21ClN2O/c1-17(10-14(18)7-2-3-8-14)13-11(9-16)5-4-6-12(13)15/h4-6,18H,2-3,7-10,16H2,1H3. The van der Waals surface area contributed by atoms with Gasteiger partial charge in [0.25, 0.3) is 0 Å². The van der Waals surface area contributed by atoms with Crippen LogP contribution in [0.1, 0.15) is 31.2 Å². The smallest absolute Gasteiger partial charge is 0.0821 e. The minimum atomic E-state index is -0.570. The van der Waals surface area contributed by atoms with Gasteiger partial charge in [-0.2, -0.15) is 0 Å². The highest BCUT2D eigenvalue weighted by Gasteiger charge is 2.32. The Balaban J connectivity index is 2.20. The van der Waals surface area contributed by atoms with Crippen molar-refractivity contribution in [1.29, 1.82) is 0 Å². The van der Waals surface area contributed by atoms with Crippen molar-refractivity contribution in [3.63, 3.8) is 0 Å². The molecule has 100 valence electrons. The minimum absolute atomic E-state index is 0.457. The largest absolute Gasteiger partial charge is 0.388 e. The zero-order valence-corrected chi connectivity index (χ0v) is 11.6. The highest BCUT2D eigenvalue weighted by Crippen LogP contribution is 2.34. The minimum Gasteiger partial charge on any atom is -0.388 e. The lowest BCUT2D eigenvalue weighted by molar-refractivity contribution is 0.0559. The lowest BCUT2D eigenvalue weighted by Gasteiger charge is -2.31. The first-order valence-electron chi connectivity index (χ1n) is 6.47. The molecule has 4 heteroatoms. The summed E-state index contributed by atoms with van der Waals surface area (Å²) in [7, 11) is 1.97. The van der Waals surface area contributed by atoms with E-state index in [1.807, 2.05) is 30.1 Å². The van der Waals surface area contributed by atoms with Crippen molar-refractivity contribution in [3.8, 4) is 0 Å². The van der Waals surface area contributed by atoms with E-state index in [0.29, 0.717) is 18.1 Å². The number of aliphatic hydroxyl groups is 1. The van der Waals surface area contributed by atoms with Gasteiger partial charge in [-0.3, -0.25) is 0 Å². The number of likely N-dealkylation sites (N-methyl/N-ethyl adjacent to an activating group) is 1. The summed E-state index contributed by atoms with van der Waals surface area (Å²) in [6.45, 7) is 1.07. The molecule has 0 bridgehead atoms. The fourth-order valence-corrected chi connectivity index (χ4v) is 3.20. The summed E-state index contributed by atoms with van der Waals surface area (Å²) in [5, 5.41) is 11.2. The molecular weight excluding hydrogens is 248 g/mol. The van der Waals surface area contributed by atoms with E-state index in [9.17, 15) is 5.11 Å². The van der Waals surface area contributed by atoms with Crippen molar-refractivity contribution in [3.05, 3.63) is 28.8 Å². The number of nitrogens with two attached hydrogens (primary N) is 1. The van der Waals surface area contributed by atoms with Crippen molar-refractivity contribution in [2.45, 2.75) is 37.8 Å². The maximum atomic E-state index is 10.5. The third kappa shape index (κ3) is 2.79. The number of para-hydroxylation sites is 1. The number of rotatable bonds is 4. The average molecular weight is 269 g/mol. The van der Waals surface area contributed by atoms with E-state index < -0.39 is 5.60 Å². The predicted molar refractivity (Wildman–Crippen MR) is 76.0 cm³/mol.